The van der Waals surface area contributed by atoms with Crippen LogP contribution in [0.4, 0.5) is 0 Å². The van der Waals surface area contributed by atoms with Crippen LogP contribution >= 0.6 is 0 Å². The van der Waals surface area contributed by atoms with E-state index in [0.29, 0.717) is 16.9 Å². The smallest absolute Gasteiger partial charge is 0.331 e. The van der Waals surface area contributed by atoms with Crippen LogP contribution in [-0.4, -0.2) is 33.2 Å². The lowest BCUT2D eigenvalue weighted by atomic mass is 10.1. The van der Waals surface area contributed by atoms with Gasteiger partial charge in [0.2, 0.25) is 0 Å². The van der Waals surface area contributed by atoms with Crippen LogP contribution in [0, 0.1) is 13.8 Å². The molecule has 0 amide bonds. The first kappa shape index (κ1) is 14.5. The molecule has 0 aromatic heterocycles. The number of carboxylic acid groups (broad SMARTS) is 1. The van der Waals surface area contributed by atoms with Gasteiger partial charge in [-0.1, -0.05) is 0 Å². The number of rotatable bonds is 5. The molecule has 0 saturated carbocycles. The second-order valence-electron chi connectivity index (χ2n) is 3.70. The van der Waals surface area contributed by atoms with Crippen LogP contribution in [0.2, 0.25) is 0 Å². The molecule has 0 heterocycles. The normalized spacial score (nSPS) is 11.3. The summed E-state index contributed by atoms with van der Waals surface area (Å²) in [4.78, 5) is 10.3. The van der Waals surface area contributed by atoms with Gasteiger partial charge in [0.05, 0.1) is 12.0 Å². The highest BCUT2D eigenvalue weighted by molar-refractivity contribution is 7.86. The fourth-order valence-corrected chi connectivity index (χ4v) is 2.60. The molecular formula is C11H14O6S. The van der Waals surface area contributed by atoms with Crippen molar-refractivity contribution in [1.82, 2.24) is 0 Å². The molecular weight excluding hydrogens is 260 g/mol. The highest BCUT2D eigenvalue weighted by Gasteiger charge is 2.20. The van der Waals surface area contributed by atoms with Crippen molar-refractivity contribution in [3.8, 4) is 5.75 Å². The van der Waals surface area contributed by atoms with Crippen LogP contribution in [-0.2, 0) is 19.1 Å². The zero-order valence-corrected chi connectivity index (χ0v) is 11.1. The average Bonchev–Trinajstić information content (AvgIpc) is 2.29. The van der Waals surface area contributed by atoms with Gasteiger partial charge in [0.1, 0.15) is 5.75 Å². The molecule has 0 aliphatic heterocycles. The lowest BCUT2D eigenvalue weighted by Gasteiger charge is -2.11. The monoisotopic (exact) mass is 274 g/mol. The van der Waals surface area contributed by atoms with Crippen LogP contribution in [0.1, 0.15) is 11.1 Å². The van der Waals surface area contributed by atoms with E-state index in [-0.39, 0.29) is 4.90 Å². The standard InChI is InChI=1S/C11H14O6S/c1-7-5-10(8(2)4-9(7)16-3)18(14,15)17-6-11(12)13/h4-5H,6H2,1-3H3,(H,12,13). The van der Waals surface area contributed by atoms with Gasteiger partial charge in [-0.05, 0) is 37.1 Å². The summed E-state index contributed by atoms with van der Waals surface area (Å²) in [5.74, 6) is -0.786. The van der Waals surface area contributed by atoms with Crippen molar-refractivity contribution in [3.63, 3.8) is 0 Å². The molecule has 1 N–H and O–H groups in total. The molecule has 0 unspecified atom stereocenters. The summed E-state index contributed by atoms with van der Waals surface area (Å²) < 4.78 is 33.0. The van der Waals surface area contributed by atoms with E-state index in [0.717, 1.165) is 0 Å². The molecule has 0 fully saturated rings. The largest absolute Gasteiger partial charge is 0.496 e. The average molecular weight is 274 g/mol. The van der Waals surface area contributed by atoms with Crippen molar-refractivity contribution in [2.24, 2.45) is 0 Å². The second kappa shape index (κ2) is 5.36. The summed E-state index contributed by atoms with van der Waals surface area (Å²) in [6.45, 7) is 2.38. The van der Waals surface area contributed by atoms with Gasteiger partial charge in [0.25, 0.3) is 10.1 Å². The van der Waals surface area contributed by atoms with Crippen LogP contribution in [0.15, 0.2) is 17.0 Å². The number of hydrogen-bond donors (Lipinski definition) is 1. The first-order valence-corrected chi connectivity index (χ1v) is 6.45. The Bertz CT molecular complexity index is 561. The van der Waals surface area contributed by atoms with Gasteiger partial charge in [-0.2, -0.15) is 8.42 Å². The molecule has 0 bridgehead atoms. The van der Waals surface area contributed by atoms with Crippen LogP contribution in [0.5, 0.6) is 5.75 Å². The van der Waals surface area contributed by atoms with Gasteiger partial charge in [-0.25, -0.2) is 4.79 Å². The summed E-state index contributed by atoms with van der Waals surface area (Å²) >= 11 is 0. The van der Waals surface area contributed by atoms with Gasteiger partial charge in [0.15, 0.2) is 6.61 Å². The minimum atomic E-state index is -4.07. The third kappa shape index (κ3) is 3.21. The van der Waals surface area contributed by atoms with Gasteiger partial charge in [0, 0.05) is 0 Å². The molecule has 0 atom stereocenters. The molecule has 0 radical (unpaired) electrons. The first-order chi connectivity index (χ1) is 8.27. The van der Waals surface area contributed by atoms with E-state index in [2.05, 4.69) is 4.18 Å². The summed E-state index contributed by atoms with van der Waals surface area (Å²) in [7, 11) is -2.59. The van der Waals surface area contributed by atoms with Crippen LogP contribution in [0.25, 0.3) is 0 Å². The van der Waals surface area contributed by atoms with Crippen molar-refractivity contribution in [3.05, 3.63) is 23.3 Å². The van der Waals surface area contributed by atoms with E-state index in [1.807, 2.05) is 0 Å². The Balaban J connectivity index is 3.17. The fraction of sp³-hybridized carbons (Fsp3) is 0.364. The highest BCUT2D eigenvalue weighted by atomic mass is 32.2. The Labute approximate surface area is 105 Å². The summed E-state index contributed by atoms with van der Waals surface area (Å²) in [5, 5.41) is 8.42. The Morgan fingerprint density at radius 2 is 1.89 bits per heavy atom. The van der Waals surface area contributed by atoms with Crippen molar-refractivity contribution in [1.29, 1.82) is 0 Å². The topological polar surface area (TPSA) is 89.9 Å². The van der Waals surface area contributed by atoms with E-state index >= 15 is 0 Å². The molecule has 1 rings (SSSR count). The minimum absolute atomic E-state index is 0.0537. The molecule has 0 aliphatic rings. The van der Waals surface area contributed by atoms with E-state index in [1.54, 1.807) is 19.9 Å². The van der Waals surface area contributed by atoms with Gasteiger partial charge < -0.3 is 9.84 Å². The number of ether oxygens (including phenoxy) is 1. The Kier molecular flexibility index (Phi) is 4.31. The first-order valence-electron chi connectivity index (χ1n) is 5.04. The van der Waals surface area contributed by atoms with Crippen molar-refractivity contribution < 1.29 is 27.2 Å². The van der Waals surface area contributed by atoms with Crippen molar-refractivity contribution >= 4 is 16.1 Å². The quantitative estimate of drug-likeness (QED) is 0.809. The molecule has 1 aromatic rings. The van der Waals surface area contributed by atoms with E-state index in [9.17, 15) is 13.2 Å². The Morgan fingerprint density at radius 1 is 1.28 bits per heavy atom. The fourth-order valence-electron chi connectivity index (χ4n) is 1.44. The summed E-state index contributed by atoms with van der Waals surface area (Å²) in [6.07, 6.45) is 0. The Morgan fingerprint density at radius 3 is 2.39 bits per heavy atom. The summed E-state index contributed by atoms with van der Waals surface area (Å²) in [5.41, 5.74) is 1.06. The molecule has 100 valence electrons. The molecule has 0 aliphatic carbocycles. The van der Waals surface area contributed by atoms with Crippen LogP contribution in [0.3, 0.4) is 0 Å². The maximum Gasteiger partial charge on any atom is 0.331 e. The number of benzene rings is 1. The van der Waals surface area contributed by atoms with Crippen molar-refractivity contribution in [2.75, 3.05) is 13.7 Å². The molecule has 0 saturated heterocycles. The van der Waals surface area contributed by atoms with Crippen molar-refractivity contribution in [2.45, 2.75) is 18.7 Å². The van der Waals surface area contributed by atoms with Gasteiger partial charge >= 0.3 is 5.97 Å². The van der Waals surface area contributed by atoms with E-state index < -0.39 is 22.7 Å². The molecule has 18 heavy (non-hydrogen) atoms. The molecule has 0 spiro atoms. The minimum Gasteiger partial charge on any atom is -0.496 e. The SMILES string of the molecule is COc1cc(C)c(S(=O)(=O)OCC(=O)O)cc1C. The lowest BCUT2D eigenvalue weighted by molar-refractivity contribution is -0.139. The number of carboxylic acids is 1. The zero-order valence-electron chi connectivity index (χ0n) is 10.3. The number of aliphatic carboxylic acids is 1. The number of carbonyl (C=O) groups is 1. The molecule has 1 aromatic carbocycles. The Hall–Kier alpha value is -1.60. The summed E-state index contributed by atoms with van der Waals surface area (Å²) in [6, 6.07) is 2.96. The number of methoxy groups -OCH3 is 1. The second-order valence-corrected chi connectivity index (χ2v) is 5.28. The van der Waals surface area contributed by atoms with Gasteiger partial charge in [-0.3, -0.25) is 4.18 Å². The van der Waals surface area contributed by atoms with E-state index in [4.69, 9.17) is 9.84 Å². The van der Waals surface area contributed by atoms with E-state index in [1.165, 1.54) is 13.2 Å². The zero-order chi connectivity index (χ0) is 13.9. The maximum atomic E-state index is 11.8. The predicted octanol–water partition coefficient (Wildman–Crippen LogP) is 1.10. The third-order valence-electron chi connectivity index (χ3n) is 2.30. The van der Waals surface area contributed by atoms with Gasteiger partial charge in [-0.15, -0.1) is 0 Å². The lowest BCUT2D eigenvalue weighted by Crippen LogP contribution is -2.15. The number of hydrogen-bond acceptors (Lipinski definition) is 5. The number of aryl methyl sites for hydroxylation is 2. The maximum absolute atomic E-state index is 11.8. The highest BCUT2D eigenvalue weighted by Crippen LogP contribution is 2.26. The molecule has 6 nitrogen and oxygen atoms in total. The molecule has 7 heteroatoms. The predicted molar refractivity (Wildman–Crippen MR) is 63.2 cm³/mol. The van der Waals surface area contributed by atoms with Crippen LogP contribution < -0.4 is 4.74 Å². The third-order valence-corrected chi connectivity index (χ3v) is 3.71.